The normalized spacial score (nSPS) is 26.5. The molecule has 2 aromatic rings. The minimum atomic E-state index is -3.29. The van der Waals surface area contributed by atoms with Crippen LogP contribution in [-0.4, -0.2) is 49.6 Å². The van der Waals surface area contributed by atoms with Crippen LogP contribution in [-0.2, 0) is 15.7 Å². The zero-order valence-electron chi connectivity index (χ0n) is 18.7. The van der Waals surface area contributed by atoms with Crippen LogP contribution in [0.15, 0.2) is 29.4 Å². The minimum Gasteiger partial charge on any atom is -0.386 e. The molecule has 0 radical (unpaired) electrons. The van der Waals surface area contributed by atoms with Gasteiger partial charge in [-0.25, -0.2) is 18.7 Å². The summed E-state index contributed by atoms with van der Waals surface area (Å²) in [5.74, 6) is -1.84. The summed E-state index contributed by atoms with van der Waals surface area (Å²) in [7, 11) is -3.29. The van der Waals surface area contributed by atoms with E-state index in [1.807, 2.05) is 6.07 Å². The van der Waals surface area contributed by atoms with Gasteiger partial charge in [-0.05, 0) is 60.6 Å². The van der Waals surface area contributed by atoms with Gasteiger partial charge < -0.3 is 11.1 Å². The Morgan fingerprint density at radius 2 is 2.21 bits per heavy atom. The number of nitrogens with two attached hydrogens (primary N) is 1. The van der Waals surface area contributed by atoms with Crippen molar-refractivity contribution in [3.05, 3.63) is 52.7 Å². The molecule has 2 atom stereocenters. The molecule has 0 saturated carbocycles. The fraction of sp³-hybridized carbons (Fsp3) is 0.409. The average molecular weight is 490 g/mol. The van der Waals surface area contributed by atoms with Crippen molar-refractivity contribution < 1.29 is 17.8 Å². The van der Waals surface area contributed by atoms with Gasteiger partial charge in [-0.1, -0.05) is 0 Å². The number of amides is 1. The molecule has 2 aliphatic heterocycles. The van der Waals surface area contributed by atoms with Crippen LogP contribution >= 0.6 is 0 Å². The third-order valence-electron chi connectivity index (χ3n) is 6.55. The van der Waals surface area contributed by atoms with Crippen LogP contribution in [0.5, 0.6) is 0 Å². The van der Waals surface area contributed by atoms with E-state index >= 15 is 0 Å². The molecule has 0 bridgehead atoms. The Balaban J connectivity index is 1.72. The topological polar surface area (TPSA) is 146 Å². The van der Waals surface area contributed by atoms with Crippen molar-refractivity contribution in [2.45, 2.75) is 37.0 Å². The predicted octanol–water partition coefficient (Wildman–Crippen LogP) is 1.66. The van der Waals surface area contributed by atoms with E-state index < -0.39 is 38.8 Å². The Kier molecular flexibility index (Phi) is 5.95. The standard InChI is InChI=1S/C22H25F2N7O2S/c1-13-8-14(9-25)10-27-17(13)19(32)30-16-5-4-15(24)18(29-16)22(11-23)12-34(33)21(2,20(26)31-22)6-3-7-28-34/h4-5,8,10,34H,3,6-7,11-12H2,1-2H3,(H2,26,31)(H,28,33)(H,29,30,32)/t21-,22+/m1/s1. The molecule has 4 heterocycles. The molecule has 1 saturated heterocycles. The number of rotatable bonds is 4. The van der Waals surface area contributed by atoms with Crippen molar-refractivity contribution in [1.82, 2.24) is 14.7 Å². The van der Waals surface area contributed by atoms with Crippen LogP contribution < -0.4 is 15.8 Å². The molecule has 180 valence electrons. The number of amidine groups is 1. The van der Waals surface area contributed by atoms with Gasteiger partial charge in [0.2, 0.25) is 0 Å². The number of aromatic nitrogens is 2. The zero-order valence-corrected chi connectivity index (χ0v) is 19.6. The summed E-state index contributed by atoms with van der Waals surface area (Å²) in [6.07, 6.45) is 2.52. The number of fused-ring (bicyclic) bond motifs is 1. The van der Waals surface area contributed by atoms with Crippen LogP contribution in [0.2, 0.25) is 0 Å². The Morgan fingerprint density at radius 3 is 2.88 bits per heavy atom. The molecule has 2 aromatic heterocycles. The summed E-state index contributed by atoms with van der Waals surface area (Å²) in [4.78, 5) is 25.2. The van der Waals surface area contributed by atoms with Gasteiger partial charge in [0.15, 0.2) is 0 Å². The van der Waals surface area contributed by atoms with Crippen LogP contribution in [0, 0.1) is 24.1 Å². The van der Waals surface area contributed by atoms with Crippen molar-refractivity contribution >= 4 is 27.7 Å². The second kappa shape index (κ2) is 8.48. The molecule has 4 rings (SSSR count). The lowest BCUT2D eigenvalue weighted by Gasteiger charge is -2.52. The maximum atomic E-state index is 15.0. The predicted molar refractivity (Wildman–Crippen MR) is 125 cm³/mol. The minimum absolute atomic E-state index is 0.0000191. The lowest BCUT2D eigenvalue weighted by molar-refractivity contribution is 0.102. The van der Waals surface area contributed by atoms with E-state index in [9.17, 15) is 17.8 Å². The second-order valence-electron chi connectivity index (χ2n) is 8.83. The van der Waals surface area contributed by atoms with Crippen LogP contribution in [0.1, 0.15) is 47.1 Å². The number of thiol groups is 1. The number of anilines is 1. The maximum absolute atomic E-state index is 15.0. The number of carbonyl (C=O) groups excluding carboxylic acids is 1. The third kappa shape index (κ3) is 3.74. The smallest absolute Gasteiger partial charge is 0.275 e. The SMILES string of the molecule is Cc1cc(C#N)cnc1C(=O)Nc1ccc(F)c([C@]2(CF)C[SH]3(=O)NCCC[C@]3(C)C(N)=N2)n1. The molecule has 0 unspecified atom stereocenters. The number of hydrogen-bond acceptors (Lipinski definition) is 7. The molecule has 12 heteroatoms. The van der Waals surface area contributed by atoms with Gasteiger partial charge in [0.25, 0.3) is 5.91 Å². The van der Waals surface area contributed by atoms with Crippen LogP contribution in [0.4, 0.5) is 14.6 Å². The highest BCUT2D eigenvalue weighted by Crippen LogP contribution is 2.43. The summed E-state index contributed by atoms with van der Waals surface area (Å²) in [6, 6.07) is 5.71. The van der Waals surface area contributed by atoms with E-state index in [0.29, 0.717) is 24.1 Å². The van der Waals surface area contributed by atoms with Gasteiger partial charge in [0.05, 0.1) is 10.3 Å². The Bertz CT molecular complexity index is 1290. The number of pyridine rings is 2. The maximum Gasteiger partial charge on any atom is 0.275 e. The van der Waals surface area contributed by atoms with E-state index in [0.717, 1.165) is 12.5 Å². The highest BCUT2D eigenvalue weighted by Gasteiger charge is 2.55. The van der Waals surface area contributed by atoms with E-state index in [4.69, 9.17) is 11.0 Å². The number of halogens is 2. The number of nitriles is 1. The molecule has 0 aliphatic carbocycles. The molecule has 4 N–H and O–H groups in total. The van der Waals surface area contributed by atoms with Gasteiger partial charge >= 0.3 is 0 Å². The first-order valence-electron chi connectivity index (χ1n) is 10.7. The van der Waals surface area contributed by atoms with Gasteiger partial charge in [0.1, 0.15) is 47.1 Å². The van der Waals surface area contributed by atoms with E-state index in [-0.39, 0.29) is 28.8 Å². The monoisotopic (exact) mass is 489 g/mol. The van der Waals surface area contributed by atoms with Crippen molar-refractivity contribution in [1.29, 1.82) is 5.26 Å². The molecule has 0 spiro atoms. The number of hydrogen-bond donors (Lipinski definition) is 4. The van der Waals surface area contributed by atoms with Crippen molar-refractivity contribution in [3.63, 3.8) is 0 Å². The van der Waals surface area contributed by atoms with Crippen LogP contribution in [0.25, 0.3) is 0 Å². The fourth-order valence-corrected chi connectivity index (χ4v) is 7.81. The van der Waals surface area contributed by atoms with Gasteiger partial charge in [0, 0.05) is 18.5 Å². The van der Waals surface area contributed by atoms with Crippen LogP contribution in [0.3, 0.4) is 0 Å². The lowest BCUT2D eigenvalue weighted by Crippen LogP contribution is -2.67. The molecular formula is C22H25F2N7O2S. The quantitative estimate of drug-likeness (QED) is 0.481. The van der Waals surface area contributed by atoms with Gasteiger partial charge in [-0.3, -0.25) is 18.7 Å². The number of aliphatic imine (C=N–C) groups is 1. The Hall–Kier alpha value is -3.30. The molecule has 1 fully saturated rings. The number of carbonyl (C=O) groups is 1. The summed E-state index contributed by atoms with van der Waals surface area (Å²) in [5.41, 5.74) is 4.74. The third-order valence-corrected chi connectivity index (χ3v) is 10.3. The molecule has 2 aliphatic rings. The molecule has 9 nitrogen and oxygen atoms in total. The Morgan fingerprint density at radius 1 is 1.44 bits per heavy atom. The van der Waals surface area contributed by atoms with Crippen molar-refractivity contribution in [2.24, 2.45) is 10.7 Å². The number of alkyl halides is 1. The molecular weight excluding hydrogens is 464 g/mol. The zero-order chi connectivity index (χ0) is 24.7. The highest BCUT2D eigenvalue weighted by molar-refractivity contribution is 8.03. The van der Waals surface area contributed by atoms with E-state index in [2.05, 4.69) is 25.0 Å². The van der Waals surface area contributed by atoms with Crippen molar-refractivity contribution in [3.8, 4) is 6.07 Å². The van der Waals surface area contributed by atoms with Crippen molar-refractivity contribution in [2.75, 3.05) is 24.3 Å². The largest absolute Gasteiger partial charge is 0.386 e. The Labute approximate surface area is 196 Å². The lowest BCUT2D eigenvalue weighted by atomic mass is 9.95. The number of nitrogens with zero attached hydrogens (tertiary/aromatic N) is 4. The first-order valence-corrected chi connectivity index (χ1v) is 12.6. The van der Waals surface area contributed by atoms with E-state index in [1.165, 1.54) is 18.3 Å². The molecule has 34 heavy (non-hydrogen) atoms. The molecule has 1 amide bonds. The fourth-order valence-electron chi connectivity index (χ4n) is 4.50. The van der Waals surface area contributed by atoms with E-state index in [1.54, 1.807) is 13.8 Å². The average Bonchev–Trinajstić information content (AvgIpc) is 2.81. The summed E-state index contributed by atoms with van der Waals surface area (Å²) in [6.45, 7) is 2.66. The van der Waals surface area contributed by atoms with Gasteiger partial charge in [-0.2, -0.15) is 5.26 Å². The summed E-state index contributed by atoms with van der Waals surface area (Å²) in [5, 5.41) is 11.5. The highest BCUT2D eigenvalue weighted by atomic mass is 32.3. The summed E-state index contributed by atoms with van der Waals surface area (Å²) >= 11 is 0. The molecule has 0 aromatic carbocycles. The second-order valence-corrected chi connectivity index (χ2v) is 11.9. The van der Waals surface area contributed by atoms with Gasteiger partial charge in [-0.15, -0.1) is 0 Å². The first-order chi connectivity index (χ1) is 16.1. The number of aryl methyl sites for hydroxylation is 1. The first kappa shape index (κ1) is 23.8. The number of nitrogens with one attached hydrogen (secondary N) is 2. The summed E-state index contributed by atoms with van der Waals surface area (Å²) < 4.78 is 45.5.